The maximum atomic E-state index is 12.4. The number of amides is 2. The Labute approximate surface area is 146 Å². The first-order chi connectivity index (χ1) is 10.8. The van der Waals surface area contributed by atoms with Crippen molar-refractivity contribution in [2.75, 3.05) is 17.8 Å². The zero-order valence-corrected chi connectivity index (χ0v) is 15.5. The van der Waals surface area contributed by atoms with Crippen LogP contribution in [-0.2, 0) is 14.4 Å². The zero-order chi connectivity index (χ0) is 18.0. The van der Waals surface area contributed by atoms with E-state index in [4.69, 9.17) is 5.73 Å². The first kappa shape index (κ1) is 22.1. The van der Waals surface area contributed by atoms with E-state index in [2.05, 4.69) is 23.3 Å². The van der Waals surface area contributed by atoms with E-state index in [1.165, 1.54) is 11.8 Å². The number of carbonyl (C=O) groups is 3. The van der Waals surface area contributed by atoms with Crippen LogP contribution in [0.1, 0.15) is 26.7 Å². The molecule has 0 aromatic rings. The van der Waals surface area contributed by atoms with Crippen molar-refractivity contribution in [2.24, 2.45) is 11.7 Å². The molecule has 0 heterocycles. The van der Waals surface area contributed by atoms with Crippen LogP contribution in [0.2, 0.25) is 0 Å². The molecule has 7 nitrogen and oxygen atoms in total. The molecule has 0 saturated heterocycles. The van der Waals surface area contributed by atoms with E-state index in [1.807, 2.05) is 13.2 Å². The number of carboxylic acids is 1. The second-order valence-electron chi connectivity index (χ2n) is 5.34. The number of thioether (sulfide) groups is 1. The fraction of sp³-hybridized carbons (Fsp3) is 0.786. The number of aliphatic carboxylic acids is 1. The number of rotatable bonds is 11. The number of thiol groups is 1. The molecule has 0 unspecified atom stereocenters. The van der Waals surface area contributed by atoms with Gasteiger partial charge in [0, 0.05) is 5.75 Å². The molecule has 0 fully saturated rings. The molecule has 9 heteroatoms. The Kier molecular flexibility index (Phi) is 11.1. The molecule has 0 radical (unpaired) electrons. The molecule has 0 aromatic carbocycles. The Balaban J connectivity index is 4.97. The highest BCUT2D eigenvalue weighted by molar-refractivity contribution is 7.98. The van der Waals surface area contributed by atoms with E-state index in [0.717, 1.165) is 0 Å². The summed E-state index contributed by atoms with van der Waals surface area (Å²) >= 11 is 5.48. The Hall–Kier alpha value is -0.930. The Bertz CT molecular complexity index is 409. The average molecular weight is 366 g/mol. The number of nitrogens with one attached hydrogen (secondary N) is 2. The highest BCUT2D eigenvalue weighted by Gasteiger charge is 2.29. The van der Waals surface area contributed by atoms with Crippen molar-refractivity contribution < 1.29 is 19.5 Å². The summed E-state index contributed by atoms with van der Waals surface area (Å²) in [5.41, 5.74) is 5.59. The van der Waals surface area contributed by atoms with Crippen LogP contribution in [0, 0.1) is 5.92 Å². The van der Waals surface area contributed by atoms with Crippen LogP contribution in [0.25, 0.3) is 0 Å². The quantitative estimate of drug-likeness (QED) is 0.331. The predicted molar refractivity (Wildman–Crippen MR) is 95.8 cm³/mol. The minimum absolute atomic E-state index is 0.160. The lowest BCUT2D eigenvalue weighted by Crippen LogP contribution is -2.56. The van der Waals surface area contributed by atoms with Gasteiger partial charge in [-0.05, 0) is 24.3 Å². The number of carbonyl (C=O) groups excluding carboxylic acids is 2. The molecule has 0 aliphatic carbocycles. The third kappa shape index (κ3) is 7.94. The molecular weight excluding hydrogens is 338 g/mol. The molecule has 0 aliphatic heterocycles. The van der Waals surface area contributed by atoms with Crippen LogP contribution in [0.5, 0.6) is 0 Å². The third-order valence-electron chi connectivity index (χ3n) is 3.55. The van der Waals surface area contributed by atoms with Crippen LogP contribution in [-0.4, -0.2) is 58.8 Å². The molecule has 0 spiro atoms. The Morgan fingerprint density at radius 1 is 1.26 bits per heavy atom. The largest absolute Gasteiger partial charge is 0.480 e. The van der Waals surface area contributed by atoms with Crippen molar-refractivity contribution in [3.8, 4) is 0 Å². The summed E-state index contributed by atoms with van der Waals surface area (Å²) in [5.74, 6) is -1.48. The average Bonchev–Trinajstić information content (AvgIpc) is 2.53. The Morgan fingerprint density at radius 3 is 2.30 bits per heavy atom. The summed E-state index contributed by atoms with van der Waals surface area (Å²) in [4.78, 5) is 35.6. The molecule has 0 saturated carbocycles. The second kappa shape index (κ2) is 11.6. The van der Waals surface area contributed by atoms with Crippen LogP contribution < -0.4 is 16.4 Å². The third-order valence-corrected chi connectivity index (χ3v) is 4.59. The zero-order valence-electron chi connectivity index (χ0n) is 13.7. The fourth-order valence-electron chi connectivity index (χ4n) is 1.80. The molecule has 0 rings (SSSR count). The van der Waals surface area contributed by atoms with Gasteiger partial charge in [-0.15, -0.1) is 0 Å². The molecule has 23 heavy (non-hydrogen) atoms. The summed E-state index contributed by atoms with van der Waals surface area (Å²) < 4.78 is 0. The standard InChI is InChI=1S/C14H27N3O4S2/c1-4-8(2)11(14(20)21)17-13(19)10(5-6-23-3)16-12(18)9(15)7-22/h8-11,22H,4-7,15H2,1-3H3,(H,16,18)(H,17,19)(H,20,21)/t8-,9-,10-,11-/m0/s1. The summed E-state index contributed by atoms with van der Waals surface area (Å²) in [6, 6.07) is -2.61. The molecule has 2 amide bonds. The van der Waals surface area contributed by atoms with Crippen molar-refractivity contribution in [1.82, 2.24) is 10.6 Å². The molecule has 134 valence electrons. The van der Waals surface area contributed by atoms with Crippen LogP contribution in [0.4, 0.5) is 0 Å². The van der Waals surface area contributed by atoms with Gasteiger partial charge in [-0.1, -0.05) is 20.3 Å². The van der Waals surface area contributed by atoms with Crippen LogP contribution >= 0.6 is 24.4 Å². The van der Waals surface area contributed by atoms with Crippen LogP contribution in [0.3, 0.4) is 0 Å². The van der Waals surface area contributed by atoms with Crippen molar-refractivity contribution in [2.45, 2.75) is 44.8 Å². The van der Waals surface area contributed by atoms with Gasteiger partial charge < -0.3 is 21.5 Å². The van der Waals surface area contributed by atoms with Gasteiger partial charge in [0.05, 0.1) is 6.04 Å². The summed E-state index contributed by atoms with van der Waals surface area (Å²) in [5, 5.41) is 14.3. The van der Waals surface area contributed by atoms with E-state index < -0.39 is 35.9 Å². The van der Waals surface area contributed by atoms with Gasteiger partial charge in [0.25, 0.3) is 0 Å². The van der Waals surface area contributed by atoms with E-state index in [-0.39, 0.29) is 11.7 Å². The topological polar surface area (TPSA) is 122 Å². The second-order valence-corrected chi connectivity index (χ2v) is 6.69. The van der Waals surface area contributed by atoms with Gasteiger partial charge in [0.1, 0.15) is 12.1 Å². The van der Waals surface area contributed by atoms with Crippen molar-refractivity contribution in [3.63, 3.8) is 0 Å². The SMILES string of the molecule is CC[C@H](C)[C@H](NC(=O)[C@H](CCSC)NC(=O)[C@@H](N)CS)C(=O)O. The summed E-state index contributed by atoms with van der Waals surface area (Å²) in [6.07, 6.45) is 2.89. The molecule has 0 bridgehead atoms. The van der Waals surface area contributed by atoms with Gasteiger partial charge >= 0.3 is 5.97 Å². The van der Waals surface area contributed by atoms with Gasteiger partial charge in [-0.3, -0.25) is 9.59 Å². The van der Waals surface area contributed by atoms with Gasteiger partial charge in [-0.2, -0.15) is 24.4 Å². The van der Waals surface area contributed by atoms with Crippen molar-refractivity contribution >= 4 is 42.2 Å². The fourth-order valence-corrected chi connectivity index (χ4v) is 2.44. The van der Waals surface area contributed by atoms with E-state index in [1.54, 1.807) is 6.92 Å². The maximum absolute atomic E-state index is 12.4. The first-order valence-corrected chi connectivity index (χ1v) is 9.49. The monoisotopic (exact) mass is 365 g/mol. The number of carboxylic acid groups (broad SMARTS) is 1. The smallest absolute Gasteiger partial charge is 0.326 e. The number of nitrogens with two attached hydrogens (primary N) is 1. The highest BCUT2D eigenvalue weighted by Crippen LogP contribution is 2.09. The molecule has 4 atom stereocenters. The lowest BCUT2D eigenvalue weighted by Gasteiger charge is -2.25. The predicted octanol–water partition coefficient (Wildman–Crippen LogP) is 0.0969. The molecule has 0 aliphatic rings. The number of hydrogen-bond acceptors (Lipinski definition) is 6. The van der Waals surface area contributed by atoms with E-state index >= 15 is 0 Å². The minimum atomic E-state index is -1.09. The molecular formula is C14H27N3O4S2. The normalized spacial score (nSPS) is 16.0. The maximum Gasteiger partial charge on any atom is 0.326 e. The molecule has 0 aromatic heterocycles. The van der Waals surface area contributed by atoms with Gasteiger partial charge in [0.2, 0.25) is 11.8 Å². The summed E-state index contributed by atoms with van der Waals surface area (Å²) in [7, 11) is 0. The van der Waals surface area contributed by atoms with Gasteiger partial charge in [-0.25, -0.2) is 4.79 Å². The summed E-state index contributed by atoms with van der Waals surface area (Å²) in [6.45, 7) is 3.61. The minimum Gasteiger partial charge on any atom is -0.480 e. The lowest BCUT2D eigenvalue weighted by molar-refractivity contribution is -0.143. The van der Waals surface area contributed by atoms with E-state index in [9.17, 15) is 19.5 Å². The van der Waals surface area contributed by atoms with Crippen molar-refractivity contribution in [1.29, 1.82) is 0 Å². The van der Waals surface area contributed by atoms with Crippen molar-refractivity contribution in [3.05, 3.63) is 0 Å². The molecule has 5 N–H and O–H groups in total. The first-order valence-electron chi connectivity index (χ1n) is 7.47. The van der Waals surface area contributed by atoms with Crippen LogP contribution in [0.15, 0.2) is 0 Å². The van der Waals surface area contributed by atoms with Gasteiger partial charge in [0.15, 0.2) is 0 Å². The van der Waals surface area contributed by atoms with E-state index in [0.29, 0.717) is 18.6 Å². The highest BCUT2D eigenvalue weighted by atomic mass is 32.2. The lowest BCUT2D eigenvalue weighted by atomic mass is 9.98. The number of hydrogen-bond donors (Lipinski definition) is 5. The Morgan fingerprint density at radius 2 is 1.87 bits per heavy atom.